The number of hydrogen-bond acceptors (Lipinski definition) is 11. The Kier molecular flexibility index (Phi) is 6.25. The Hall–Kier alpha value is -3.60. The highest BCUT2D eigenvalue weighted by Crippen LogP contribution is 2.33. The van der Waals surface area contributed by atoms with E-state index in [0.717, 1.165) is 12.1 Å². The van der Waals surface area contributed by atoms with Crippen LogP contribution in [0.4, 0.5) is 4.79 Å². The normalized spacial score (nSPS) is 29.2. The third-order valence-corrected chi connectivity index (χ3v) is 10.0. The fourth-order valence-corrected chi connectivity index (χ4v) is 7.09. The summed E-state index contributed by atoms with van der Waals surface area (Å²) in [6, 6.07) is 7.19. The van der Waals surface area contributed by atoms with E-state index < -0.39 is 111 Å². The predicted octanol–water partition coefficient (Wildman–Crippen LogP) is 4.01. The number of aromatic amines is 1. The third kappa shape index (κ3) is 8.15. The number of fused-ring (bicyclic) bond motifs is 2. The van der Waals surface area contributed by atoms with Crippen molar-refractivity contribution >= 4 is 38.4 Å². The van der Waals surface area contributed by atoms with Gasteiger partial charge in [-0.3, -0.25) is 5.10 Å². The first-order valence-corrected chi connectivity index (χ1v) is 16.8. The lowest BCUT2D eigenvalue weighted by Gasteiger charge is -2.31. The van der Waals surface area contributed by atoms with E-state index >= 15 is 0 Å². The van der Waals surface area contributed by atoms with Crippen molar-refractivity contribution in [2.24, 2.45) is 11.8 Å². The minimum atomic E-state index is -4.99. The van der Waals surface area contributed by atoms with Crippen LogP contribution in [-0.4, -0.2) is 89.9 Å². The molecule has 2 aromatic carbocycles. The number of sulfonamides is 1. The molecule has 2 aromatic heterocycles. The highest BCUT2D eigenvalue weighted by atomic mass is 32.2. The smallest absolute Gasteiger partial charge is 0.407 e. The van der Waals surface area contributed by atoms with Crippen molar-refractivity contribution in [3.63, 3.8) is 0 Å². The average molecular weight is 715 g/mol. The van der Waals surface area contributed by atoms with E-state index in [9.17, 15) is 18.3 Å². The Morgan fingerprint density at radius 2 is 2.17 bits per heavy atom. The second-order valence-electron chi connectivity index (χ2n) is 10.9. The number of amides is 1. The lowest BCUT2D eigenvalue weighted by Crippen LogP contribution is -2.51. The summed E-state index contributed by atoms with van der Waals surface area (Å²) in [5, 5.41) is 21.9. The molecule has 4 aromatic rings. The van der Waals surface area contributed by atoms with Gasteiger partial charge in [-0.1, -0.05) is 25.8 Å². The second kappa shape index (κ2) is 14.9. The Morgan fingerprint density at radius 1 is 1.31 bits per heavy atom. The van der Waals surface area contributed by atoms with E-state index in [-0.39, 0.29) is 40.4 Å². The first kappa shape index (κ1) is 20.2. The molecule has 2 aliphatic rings. The molecule has 0 unspecified atom stereocenters. The minimum Gasteiger partial charge on any atom is -0.487 e. The molecule has 0 aliphatic carbocycles. The van der Waals surface area contributed by atoms with E-state index in [1.165, 1.54) is 41.9 Å². The summed E-state index contributed by atoms with van der Waals surface area (Å²) in [6.07, 6.45) is -6.55. The molecule has 2 aliphatic heterocycles. The zero-order chi connectivity index (χ0) is 46.8. The van der Waals surface area contributed by atoms with E-state index in [2.05, 4.69) is 20.5 Å². The SMILES string of the molecule is [2H]C([2H])([2H])c1nc(C([2H])([2H])Oc2ccc(C[C@H](NC(=O)O[C@]3([2H])[C@@H]4CCO[C@@H]4OC3([2H])[2H])[C@H](O)CN(CC([2H])(C([2H])([2H])[2H])C([2H])([2H])[2H])S(=O)(=O)c3ccc4[nH]ncc4c3)cc2)cs1. The number of ether oxygens (including phenoxy) is 4. The molecular formula is C33H41N5O8S2. The van der Waals surface area contributed by atoms with Gasteiger partial charge < -0.3 is 29.4 Å². The van der Waals surface area contributed by atoms with Gasteiger partial charge in [-0.2, -0.15) is 9.40 Å². The van der Waals surface area contributed by atoms with E-state index in [1.54, 1.807) is 0 Å². The van der Waals surface area contributed by atoms with Crippen LogP contribution in [-0.2, 0) is 37.2 Å². The first-order chi connectivity index (χ1) is 28.9. The van der Waals surface area contributed by atoms with Gasteiger partial charge in [0.2, 0.25) is 10.0 Å². The molecule has 0 radical (unpaired) electrons. The molecule has 1 amide bonds. The van der Waals surface area contributed by atoms with Gasteiger partial charge >= 0.3 is 6.09 Å². The predicted molar refractivity (Wildman–Crippen MR) is 178 cm³/mol. The molecule has 2 saturated heterocycles. The maximum Gasteiger partial charge on any atom is 0.407 e. The molecule has 13 nitrogen and oxygen atoms in total. The van der Waals surface area contributed by atoms with Crippen molar-refractivity contribution in [1.29, 1.82) is 0 Å². The minimum absolute atomic E-state index is 0.0640. The Labute approximate surface area is 304 Å². The molecule has 3 N–H and O–H groups in total. The molecule has 0 spiro atoms. The number of rotatable bonds is 14. The van der Waals surface area contributed by atoms with Crippen LogP contribution in [0, 0.1) is 18.7 Å². The first-order valence-electron chi connectivity index (χ1n) is 22.0. The quantitative estimate of drug-likeness (QED) is 0.174. The standard InChI is InChI=1S/C33H41N5O8S2/c1-20(2)15-38(48(41,42)26-8-9-28-23(13-26)14-34-37-28)16-30(39)29(36-33(40)46-31-18-45-32-27(31)10-11-43-32)12-22-4-6-25(7-5-22)44-17-24-19-47-21(3)35-24/h4-9,13-14,19-20,27,29-32,39H,10-12,15-18H2,1-3H3,(H,34,37)(H,36,40)/t27-,29-,30+,31-,32+/m0/s1/i1D3,2D3,3D3,17D2,18D2,20D,31D. The van der Waals surface area contributed by atoms with Crippen molar-refractivity contribution in [2.45, 2.75) is 69.4 Å². The number of aromatic nitrogens is 3. The van der Waals surface area contributed by atoms with E-state index in [4.69, 9.17) is 39.5 Å². The van der Waals surface area contributed by atoms with Gasteiger partial charge in [0.05, 0.1) is 65.4 Å². The number of benzene rings is 2. The highest BCUT2D eigenvalue weighted by molar-refractivity contribution is 7.89. The van der Waals surface area contributed by atoms with E-state index in [1.807, 2.05) is 0 Å². The molecule has 0 saturated carbocycles. The molecule has 2 fully saturated rings. The molecule has 4 heterocycles. The van der Waals surface area contributed by atoms with Crippen LogP contribution >= 0.6 is 11.3 Å². The summed E-state index contributed by atoms with van der Waals surface area (Å²) in [4.78, 5) is 17.0. The molecule has 6 rings (SSSR count). The zero-order valence-electron chi connectivity index (χ0n) is 40.0. The largest absolute Gasteiger partial charge is 0.487 e. The fraction of sp³-hybridized carbons (Fsp3) is 0.485. The number of nitrogens with one attached hydrogen (secondary N) is 2. The lowest BCUT2D eigenvalue weighted by atomic mass is 10.0. The van der Waals surface area contributed by atoms with Crippen LogP contribution in [0.3, 0.4) is 0 Å². The lowest BCUT2D eigenvalue weighted by molar-refractivity contribution is -0.0907. The topological polar surface area (TPSA) is 165 Å². The van der Waals surface area contributed by atoms with Crippen LogP contribution in [0.15, 0.2) is 58.9 Å². The molecular weight excluding hydrogens is 659 g/mol. The number of hydrogen-bond donors (Lipinski definition) is 3. The van der Waals surface area contributed by atoms with Gasteiger partial charge in [-0.15, -0.1) is 11.3 Å². The van der Waals surface area contributed by atoms with Crippen molar-refractivity contribution in [1.82, 2.24) is 24.8 Å². The van der Waals surface area contributed by atoms with Crippen LogP contribution in [0.5, 0.6) is 5.75 Å². The average Bonchev–Trinajstić information content (AvgIpc) is 3.97. The molecule has 5 atom stereocenters. The summed E-state index contributed by atoms with van der Waals surface area (Å²) in [7, 11) is -4.99. The number of aryl methyl sites for hydroxylation is 1. The zero-order valence-corrected chi connectivity index (χ0v) is 26.6. The summed E-state index contributed by atoms with van der Waals surface area (Å²) in [5.41, 5.74) is 0.335. The number of H-pyrrole nitrogens is 1. The number of thiazole rings is 1. The summed E-state index contributed by atoms with van der Waals surface area (Å²) < 4.78 is 172. The number of alkyl carbamates (subject to hydrolysis) is 1. The highest BCUT2D eigenvalue weighted by Gasteiger charge is 2.44. The van der Waals surface area contributed by atoms with Gasteiger partial charge in [0.25, 0.3) is 0 Å². The number of aliphatic hydroxyl groups is 1. The van der Waals surface area contributed by atoms with Crippen molar-refractivity contribution in [3.05, 3.63) is 70.3 Å². The number of carbonyl (C=O) groups is 1. The molecule has 258 valence electrons. The fourth-order valence-electron chi connectivity index (χ4n) is 5.16. The number of aliphatic hydroxyl groups excluding tert-OH is 1. The van der Waals surface area contributed by atoms with Crippen LogP contribution in [0.25, 0.3) is 10.9 Å². The monoisotopic (exact) mass is 714 g/mol. The van der Waals surface area contributed by atoms with Crippen molar-refractivity contribution in [3.8, 4) is 5.75 Å². The maximum absolute atomic E-state index is 14.4. The van der Waals surface area contributed by atoms with Gasteiger partial charge in [0, 0.05) is 37.6 Å². The third-order valence-electron chi connectivity index (χ3n) is 7.55. The number of carbonyl (C=O) groups excluding carboxylic acids is 1. The van der Waals surface area contributed by atoms with Crippen LogP contribution in [0.1, 0.15) is 57.0 Å². The van der Waals surface area contributed by atoms with Gasteiger partial charge in [0.15, 0.2) is 6.29 Å². The van der Waals surface area contributed by atoms with Crippen molar-refractivity contribution in [2.75, 3.05) is 26.3 Å². The van der Waals surface area contributed by atoms with Gasteiger partial charge in [-0.25, -0.2) is 18.2 Å². The molecule has 15 heteroatoms. The van der Waals surface area contributed by atoms with Gasteiger partial charge in [0.1, 0.15) is 18.4 Å². The Bertz CT molecular complexity index is 2380. The molecule has 48 heavy (non-hydrogen) atoms. The van der Waals surface area contributed by atoms with Crippen LogP contribution in [0.2, 0.25) is 0 Å². The summed E-state index contributed by atoms with van der Waals surface area (Å²) in [6.45, 7) is -17.9. The maximum atomic E-state index is 14.4. The summed E-state index contributed by atoms with van der Waals surface area (Å²) in [5.74, 6) is -4.64. The molecule has 0 bridgehead atoms. The summed E-state index contributed by atoms with van der Waals surface area (Å²) >= 11 is 0.716. The Morgan fingerprint density at radius 3 is 2.96 bits per heavy atom. The number of nitrogens with zero attached hydrogens (tertiary/aromatic N) is 3. The Balaban J connectivity index is 1.33. The second-order valence-corrected chi connectivity index (χ2v) is 13.7. The van der Waals surface area contributed by atoms with Gasteiger partial charge in [-0.05, 0) is 61.5 Å². The van der Waals surface area contributed by atoms with E-state index in [0.29, 0.717) is 21.2 Å². The van der Waals surface area contributed by atoms with Crippen LogP contribution < -0.4 is 10.1 Å². The van der Waals surface area contributed by atoms with Crippen molar-refractivity contribution < 1.29 is 57.8 Å².